The Morgan fingerprint density at radius 3 is 2.26 bits per heavy atom. The summed E-state index contributed by atoms with van der Waals surface area (Å²) in [5.74, 6) is -0.266. The van der Waals surface area contributed by atoms with E-state index in [1.54, 1.807) is 13.0 Å². The standard InChI is InChI=1S/C11H9F3N4O/c1-6-9(15)2-7(3-16-6)10-17-4-8(5-18-10)19-11(12,13)14/h2-5H,15H2,1H3. The molecule has 0 aliphatic carbocycles. The van der Waals surface area contributed by atoms with E-state index in [1.165, 1.54) is 6.20 Å². The lowest BCUT2D eigenvalue weighted by molar-refractivity contribution is -0.274. The third-order valence-electron chi connectivity index (χ3n) is 2.25. The summed E-state index contributed by atoms with van der Waals surface area (Å²) in [6, 6.07) is 1.60. The number of alkyl halides is 3. The van der Waals surface area contributed by atoms with Crippen LogP contribution >= 0.6 is 0 Å². The summed E-state index contributed by atoms with van der Waals surface area (Å²) in [7, 11) is 0. The van der Waals surface area contributed by atoms with Crippen LogP contribution in [0.1, 0.15) is 5.69 Å². The lowest BCUT2D eigenvalue weighted by Crippen LogP contribution is -2.17. The highest BCUT2D eigenvalue weighted by Gasteiger charge is 2.31. The van der Waals surface area contributed by atoms with Crippen molar-refractivity contribution in [2.75, 3.05) is 5.73 Å². The van der Waals surface area contributed by atoms with Crippen LogP contribution in [0.4, 0.5) is 18.9 Å². The van der Waals surface area contributed by atoms with Gasteiger partial charge in [0.25, 0.3) is 0 Å². The first-order valence-electron chi connectivity index (χ1n) is 5.15. The van der Waals surface area contributed by atoms with Gasteiger partial charge in [-0.15, -0.1) is 13.2 Å². The molecule has 0 fully saturated rings. The molecule has 5 nitrogen and oxygen atoms in total. The van der Waals surface area contributed by atoms with Crippen molar-refractivity contribution >= 4 is 5.69 Å². The number of rotatable bonds is 2. The summed E-state index contributed by atoms with van der Waals surface area (Å²) >= 11 is 0. The van der Waals surface area contributed by atoms with Gasteiger partial charge in [-0.25, -0.2) is 9.97 Å². The summed E-state index contributed by atoms with van der Waals surface area (Å²) in [5.41, 5.74) is 7.30. The zero-order chi connectivity index (χ0) is 14.0. The topological polar surface area (TPSA) is 73.9 Å². The lowest BCUT2D eigenvalue weighted by Gasteiger charge is -2.08. The van der Waals surface area contributed by atoms with Crippen molar-refractivity contribution in [3.63, 3.8) is 0 Å². The van der Waals surface area contributed by atoms with E-state index in [0.717, 1.165) is 12.4 Å². The molecule has 0 bridgehead atoms. The molecule has 2 aromatic heterocycles. The Morgan fingerprint density at radius 2 is 1.74 bits per heavy atom. The molecule has 0 aromatic carbocycles. The second kappa shape index (κ2) is 4.71. The normalized spacial score (nSPS) is 11.4. The molecule has 2 aromatic rings. The highest BCUT2D eigenvalue weighted by Crippen LogP contribution is 2.23. The molecule has 0 radical (unpaired) electrons. The van der Waals surface area contributed by atoms with Crippen LogP contribution in [0.5, 0.6) is 5.75 Å². The second-order valence-corrected chi connectivity index (χ2v) is 3.69. The summed E-state index contributed by atoms with van der Waals surface area (Å²) in [5, 5.41) is 0. The van der Waals surface area contributed by atoms with Gasteiger partial charge in [0.15, 0.2) is 11.6 Å². The number of aryl methyl sites for hydroxylation is 1. The van der Waals surface area contributed by atoms with E-state index in [0.29, 0.717) is 16.9 Å². The molecule has 0 aliphatic rings. The Bertz CT molecular complexity index is 583. The van der Waals surface area contributed by atoms with Gasteiger partial charge in [-0.2, -0.15) is 0 Å². The van der Waals surface area contributed by atoms with Crippen LogP contribution in [0.15, 0.2) is 24.7 Å². The van der Waals surface area contributed by atoms with Crippen molar-refractivity contribution in [1.29, 1.82) is 0 Å². The van der Waals surface area contributed by atoms with E-state index in [1.807, 2.05) is 0 Å². The van der Waals surface area contributed by atoms with Crippen LogP contribution in [-0.4, -0.2) is 21.3 Å². The van der Waals surface area contributed by atoms with Crippen LogP contribution in [0.25, 0.3) is 11.4 Å². The first-order valence-corrected chi connectivity index (χ1v) is 5.15. The quantitative estimate of drug-likeness (QED) is 0.906. The Morgan fingerprint density at radius 1 is 1.11 bits per heavy atom. The number of nitrogen functional groups attached to an aromatic ring is 1. The highest BCUT2D eigenvalue weighted by molar-refractivity contribution is 5.60. The SMILES string of the molecule is Cc1ncc(-c2ncc(OC(F)(F)F)cn2)cc1N. The van der Waals surface area contributed by atoms with Crippen LogP contribution in [0, 0.1) is 6.92 Å². The molecule has 2 heterocycles. The molecule has 0 saturated heterocycles. The molecular weight excluding hydrogens is 261 g/mol. The van der Waals surface area contributed by atoms with Gasteiger partial charge in [0.1, 0.15) is 0 Å². The van der Waals surface area contributed by atoms with Crippen molar-refractivity contribution in [2.45, 2.75) is 13.3 Å². The monoisotopic (exact) mass is 270 g/mol. The number of halogens is 3. The van der Waals surface area contributed by atoms with Crippen molar-refractivity contribution in [1.82, 2.24) is 15.0 Å². The third kappa shape index (κ3) is 3.30. The summed E-state index contributed by atoms with van der Waals surface area (Å²) in [4.78, 5) is 11.6. The van der Waals surface area contributed by atoms with E-state index < -0.39 is 12.1 Å². The Hall–Kier alpha value is -2.38. The molecule has 0 saturated carbocycles. The largest absolute Gasteiger partial charge is 0.573 e. The second-order valence-electron chi connectivity index (χ2n) is 3.69. The maximum Gasteiger partial charge on any atom is 0.573 e. The zero-order valence-corrected chi connectivity index (χ0v) is 9.77. The van der Waals surface area contributed by atoms with E-state index in [-0.39, 0.29) is 5.82 Å². The van der Waals surface area contributed by atoms with Crippen LogP contribution < -0.4 is 10.5 Å². The van der Waals surface area contributed by atoms with Crippen LogP contribution in [-0.2, 0) is 0 Å². The first-order chi connectivity index (χ1) is 8.85. The van der Waals surface area contributed by atoms with Gasteiger partial charge in [-0.1, -0.05) is 0 Å². The maximum atomic E-state index is 12.0. The fourth-order valence-electron chi connectivity index (χ4n) is 1.32. The van der Waals surface area contributed by atoms with Gasteiger partial charge in [0.05, 0.1) is 23.8 Å². The smallest absolute Gasteiger partial charge is 0.402 e. The molecule has 0 aliphatic heterocycles. The van der Waals surface area contributed by atoms with Crippen molar-refractivity contribution < 1.29 is 17.9 Å². The Labute approximate surface area is 106 Å². The number of hydrogen-bond donors (Lipinski definition) is 1. The molecule has 0 unspecified atom stereocenters. The number of nitrogens with two attached hydrogens (primary N) is 1. The number of anilines is 1. The van der Waals surface area contributed by atoms with E-state index in [9.17, 15) is 13.2 Å². The first kappa shape index (κ1) is 13.1. The number of nitrogens with zero attached hydrogens (tertiary/aromatic N) is 3. The summed E-state index contributed by atoms with van der Waals surface area (Å²) in [6.07, 6.45) is -1.40. The average molecular weight is 270 g/mol. The number of pyridine rings is 1. The van der Waals surface area contributed by atoms with Gasteiger partial charge >= 0.3 is 6.36 Å². The molecule has 2 rings (SSSR count). The van der Waals surface area contributed by atoms with E-state index >= 15 is 0 Å². The molecule has 100 valence electrons. The Balaban J connectivity index is 2.25. The molecule has 0 amide bonds. The molecule has 19 heavy (non-hydrogen) atoms. The minimum Gasteiger partial charge on any atom is -0.402 e. The zero-order valence-electron chi connectivity index (χ0n) is 9.77. The van der Waals surface area contributed by atoms with Gasteiger partial charge < -0.3 is 10.5 Å². The van der Waals surface area contributed by atoms with E-state index in [4.69, 9.17) is 5.73 Å². The van der Waals surface area contributed by atoms with Crippen molar-refractivity contribution in [2.24, 2.45) is 0 Å². The summed E-state index contributed by atoms with van der Waals surface area (Å²) in [6.45, 7) is 1.74. The number of ether oxygens (including phenoxy) is 1. The fraction of sp³-hybridized carbons (Fsp3) is 0.182. The Kier molecular flexibility index (Phi) is 3.24. The summed E-state index contributed by atoms with van der Waals surface area (Å²) < 4.78 is 39.5. The maximum absolute atomic E-state index is 12.0. The molecule has 2 N–H and O–H groups in total. The molecular formula is C11H9F3N4O. The van der Waals surface area contributed by atoms with Crippen molar-refractivity contribution in [3.8, 4) is 17.1 Å². The van der Waals surface area contributed by atoms with Crippen LogP contribution in [0.3, 0.4) is 0 Å². The van der Waals surface area contributed by atoms with Gasteiger partial charge in [0, 0.05) is 11.8 Å². The van der Waals surface area contributed by atoms with Gasteiger partial charge in [0.2, 0.25) is 0 Å². The van der Waals surface area contributed by atoms with E-state index in [2.05, 4.69) is 19.7 Å². The predicted octanol–water partition coefficient (Wildman–Crippen LogP) is 2.33. The minimum atomic E-state index is -4.76. The lowest BCUT2D eigenvalue weighted by atomic mass is 10.2. The number of aromatic nitrogens is 3. The molecule has 0 atom stereocenters. The van der Waals surface area contributed by atoms with Crippen LogP contribution in [0.2, 0.25) is 0 Å². The number of hydrogen-bond acceptors (Lipinski definition) is 5. The third-order valence-corrected chi connectivity index (χ3v) is 2.25. The molecule has 0 spiro atoms. The van der Waals surface area contributed by atoms with Gasteiger partial charge in [-0.3, -0.25) is 4.98 Å². The van der Waals surface area contributed by atoms with Gasteiger partial charge in [-0.05, 0) is 13.0 Å². The highest BCUT2D eigenvalue weighted by atomic mass is 19.4. The minimum absolute atomic E-state index is 0.216. The fourth-order valence-corrected chi connectivity index (χ4v) is 1.32. The predicted molar refractivity (Wildman–Crippen MR) is 61.1 cm³/mol. The molecule has 8 heteroatoms. The average Bonchev–Trinajstić information content (AvgIpc) is 2.32. The van der Waals surface area contributed by atoms with Crippen molar-refractivity contribution in [3.05, 3.63) is 30.4 Å².